The van der Waals surface area contributed by atoms with E-state index in [2.05, 4.69) is 23.8 Å². The maximum absolute atomic E-state index is 5.56. The highest BCUT2D eigenvalue weighted by Crippen LogP contribution is 2.15. The molecule has 76 valence electrons. The maximum Gasteiger partial charge on any atom is 0.216 e. The highest BCUT2D eigenvalue weighted by atomic mass is 16.6. The van der Waals surface area contributed by atoms with Gasteiger partial charge in [-0.05, 0) is 0 Å². The molecule has 0 aromatic carbocycles. The van der Waals surface area contributed by atoms with Crippen LogP contribution in [0.15, 0.2) is 12.3 Å². The minimum atomic E-state index is 0.171. The second-order valence-electron chi connectivity index (χ2n) is 3.69. The van der Waals surface area contributed by atoms with Gasteiger partial charge in [-0.1, -0.05) is 13.8 Å². The molecule has 2 rings (SSSR count). The zero-order valence-corrected chi connectivity index (χ0v) is 8.43. The summed E-state index contributed by atoms with van der Waals surface area (Å²) in [7, 11) is 0. The number of rotatable bonds is 3. The Kier molecular flexibility index (Phi) is 2.63. The van der Waals surface area contributed by atoms with Gasteiger partial charge in [-0.2, -0.15) is 4.98 Å². The summed E-state index contributed by atoms with van der Waals surface area (Å²) >= 11 is 0. The summed E-state index contributed by atoms with van der Waals surface area (Å²) < 4.78 is 10.6. The van der Waals surface area contributed by atoms with E-state index in [1.807, 2.05) is 0 Å². The third-order valence-corrected chi connectivity index (χ3v) is 2.06. The van der Waals surface area contributed by atoms with Crippen molar-refractivity contribution in [3.8, 4) is 5.88 Å². The normalized spacial score (nSPS) is 16.8. The Morgan fingerprint density at radius 1 is 1.50 bits per heavy atom. The van der Waals surface area contributed by atoms with E-state index in [-0.39, 0.29) is 6.10 Å². The average molecular weight is 194 g/mol. The monoisotopic (exact) mass is 194 g/mol. The number of nitrogens with zero attached hydrogens (tertiary/aromatic N) is 2. The maximum atomic E-state index is 5.56. The highest BCUT2D eigenvalue weighted by molar-refractivity contribution is 5.10. The Labute approximate surface area is 83.3 Å². The molecule has 1 fully saturated rings. The van der Waals surface area contributed by atoms with Gasteiger partial charge in [-0.25, -0.2) is 4.98 Å². The van der Waals surface area contributed by atoms with Crippen molar-refractivity contribution in [1.82, 2.24) is 9.97 Å². The minimum Gasteiger partial charge on any atom is -0.469 e. The summed E-state index contributed by atoms with van der Waals surface area (Å²) in [6, 6.07) is 1.78. The van der Waals surface area contributed by atoms with Crippen molar-refractivity contribution in [2.75, 3.05) is 13.2 Å². The van der Waals surface area contributed by atoms with Crippen molar-refractivity contribution in [3.63, 3.8) is 0 Å². The number of ether oxygens (including phenoxy) is 2. The van der Waals surface area contributed by atoms with Crippen molar-refractivity contribution >= 4 is 0 Å². The van der Waals surface area contributed by atoms with Gasteiger partial charge in [0.15, 0.2) is 0 Å². The highest BCUT2D eigenvalue weighted by Gasteiger charge is 2.20. The summed E-state index contributed by atoms with van der Waals surface area (Å²) in [5.41, 5.74) is 0. The molecule has 0 aliphatic carbocycles. The summed E-state index contributed by atoms with van der Waals surface area (Å²) in [6.07, 6.45) is 1.90. The summed E-state index contributed by atoms with van der Waals surface area (Å²) in [4.78, 5) is 8.47. The van der Waals surface area contributed by atoms with Gasteiger partial charge in [0, 0.05) is 18.2 Å². The van der Waals surface area contributed by atoms with Crippen molar-refractivity contribution in [2.24, 2.45) is 0 Å². The molecule has 2 heterocycles. The molecule has 1 aromatic rings. The zero-order valence-electron chi connectivity index (χ0n) is 8.43. The summed E-state index contributed by atoms with van der Waals surface area (Å²) in [5, 5.41) is 0. The molecule has 4 heteroatoms. The molecule has 1 aliphatic heterocycles. The molecule has 0 radical (unpaired) electrons. The van der Waals surface area contributed by atoms with Crippen molar-refractivity contribution in [3.05, 3.63) is 18.1 Å². The van der Waals surface area contributed by atoms with Crippen LogP contribution in [0.2, 0.25) is 0 Å². The molecular formula is C10H14N2O2. The minimum absolute atomic E-state index is 0.171. The van der Waals surface area contributed by atoms with Gasteiger partial charge < -0.3 is 9.47 Å². The van der Waals surface area contributed by atoms with Crippen LogP contribution in [0.5, 0.6) is 5.88 Å². The van der Waals surface area contributed by atoms with Crippen LogP contribution < -0.4 is 4.74 Å². The molecule has 0 saturated carbocycles. The van der Waals surface area contributed by atoms with Crippen LogP contribution in [-0.2, 0) is 4.74 Å². The van der Waals surface area contributed by atoms with Crippen LogP contribution >= 0.6 is 0 Å². The van der Waals surface area contributed by atoms with Crippen LogP contribution in [-0.4, -0.2) is 29.3 Å². The van der Waals surface area contributed by atoms with Gasteiger partial charge in [0.1, 0.15) is 11.9 Å². The molecule has 1 aromatic heterocycles. The topological polar surface area (TPSA) is 44.2 Å². The van der Waals surface area contributed by atoms with Crippen LogP contribution in [0.4, 0.5) is 0 Å². The van der Waals surface area contributed by atoms with Crippen LogP contribution in [0.25, 0.3) is 0 Å². The van der Waals surface area contributed by atoms with Crippen molar-refractivity contribution in [1.29, 1.82) is 0 Å². The van der Waals surface area contributed by atoms with Crippen LogP contribution in [0.1, 0.15) is 25.6 Å². The van der Waals surface area contributed by atoms with Crippen LogP contribution in [0.3, 0.4) is 0 Å². The fourth-order valence-corrected chi connectivity index (χ4v) is 1.15. The largest absolute Gasteiger partial charge is 0.469 e. The Balaban J connectivity index is 2.05. The Morgan fingerprint density at radius 3 is 2.86 bits per heavy atom. The third kappa shape index (κ3) is 2.01. The number of aromatic nitrogens is 2. The molecule has 0 unspecified atom stereocenters. The van der Waals surface area contributed by atoms with Gasteiger partial charge in [0.25, 0.3) is 0 Å². The summed E-state index contributed by atoms with van der Waals surface area (Å²) in [6.45, 7) is 5.46. The zero-order chi connectivity index (χ0) is 9.97. The van der Waals surface area contributed by atoms with Gasteiger partial charge in [0.05, 0.1) is 13.2 Å². The molecule has 0 bridgehead atoms. The lowest BCUT2D eigenvalue weighted by atomic mass is 10.2. The first kappa shape index (κ1) is 9.40. The van der Waals surface area contributed by atoms with E-state index in [1.54, 1.807) is 12.3 Å². The molecule has 0 atom stereocenters. The van der Waals surface area contributed by atoms with Crippen molar-refractivity contribution < 1.29 is 9.47 Å². The predicted molar refractivity (Wildman–Crippen MR) is 51.4 cm³/mol. The summed E-state index contributed by atoms with van der Waals surface area (Å²) in [5.74, 6) is 1.80. The quantitative estimate of drug-likeness (QED) is 0.729. The van der Waals surface area contributed by atoms with Crippen LogP contribution in [0, 0.1) is 0 Å². The first-order valence-electron chi connectivity index (χ1n) is 4.83. The smallest absolute Gasteiger partial charge is 0.216 e. The van der Waals surface area contributed by atoms with E-state index in [1.165, 1.54) is 0 Å². The fraction of sp³-hybridized carbons (Fsp3) is 0.600. The van der Waals surface area contributed by atoms with E-state index < -0.39 is 0 Å². The van der Waals surface area contributed by atoms with E-state index >= 15 is 0 Å². The number of hydrogen-bond acceptors (Lipinski definition) is 4. The fourth-order valence-electron chi connectivity index (χ4n) is 1.15. The Bertz CT molecular complexity index is 311. The lowest BCUT2D eigenvalue weighted by molar-refractivity contribution is -0.0814. The predicted octanol–water partition coefficient (Wildman–Crippen LogP) is 1.38. The van der Waals surface area contributed by atoms with Gasteiger partial charge in [-0.3, -0.25) is 0 Å². The second kappa shape index (κ2) is 3.92. The third-order valence-electron chi connectivity index (χ3n) is 2.06. The number of hydrogen-bond donors (Lipinski definition) is 0. The lowest BCUT2D eigenvalue weighted by Gasteiger charge is -2.26. The average Bonchev–Trinajstić information content (AvgIpc) is 2.12. The first-order valence-corrected chi connectivity index (χ1v) is 4.83. The van der Waals surface area contributed by atoms with Gasteiger partial charge in [-0.15, -0.1) is 0 Å². The second-order valence-corrected chi connectivity index (χ2v) is 3.69. The van der Waals surface area contributed by atoms with E-state index in [0.717, 1.165) is 5.82 Å². The molecule has 1 aliphatic rings. The standard InChI is InChI=1S/C10H14N2O2/c1-7(2)10-11-4-3-9(12-10)14-8-5-13-6-8/h3-4,7-8H,5-6H2,1-2H3. The Hall–Kier alpha value is -1.16. The molecule has 1 saturated heterocycles. The van der Waals surface area contributed by atoms with Gasteiger partial charge in [0.2, 0.25) is 5.88 Å². The Morgan fingerprint density at radius 2 is 2.29 bits per heavy atom. The lowest BCUT2D eigenvalue weighted by Crippen LogP contribution is -2.38. The molecule has 14 heavy (non-hydrogen) atoms. The molecule has 4 nitrogen and oxygen atoms in total. The van der Waals surface area contributed by atoms with E-state index in [0.29, 0.717) is 25.0 Å². The molecular weight excluding hydrogens is 180 g/mol. The SMILES string of the molecule is CC(C)c1nccc(OC2COC2)n1. The molecule has 0 spiro atoms. The first-order chi connectivity index (χ1) is 6.75. The molecule has 0 amide bonds. The van der Waals surface area contributed by atoms with Crippen molar-refractivity contribution in [2.45, 2.75) is 25.9 Å². The van der Waals surface area contributed by atoms with E-state index in [4.69, 9.17) is 9.47 Å². The van der Waals surface area contributed by atoms with Gasteiger partial charge >= 0.3 is 0 Å². The molecule has 0 N–H and O–H groups in total. The van der Waals surface area contributed by atoms with E-state index in [9.17, 15) is 0 Å².